The maximum Gasteiger partial charge on any atom is 0.178 e. The molecule has 0 amide bonds. The molecule has 1 fully saturated rings. The minimum atomic E-state index is -0.0964. The van der Waals surface area contributed by atoms with Gasteiger partial charge in [-0.2, -0.15) is 0 Å². The maximum atomic E-state index is 5.22. The number of pyridine rings is 1. The Balaban J connectivity index is 1.74. The van der Waals surface area contributed by atoms with Crippen molar-refractivity contribution in [2.75, 3.05) is 0 Å². The van der Waals surface area contributed by atoms with Gasteiger partial charge in [0.05, 0.1) is 11.0 Å². The largest absolute Gasteiger partial charge is 0.278 e. The van der Waals surface area contributed by atoms with Crippen LogP contribution >= 0.6 is 0 Å². The van der Waals surface area contributed by atoms with E-state index in [0.717, 1.165) is 45.7 Å². The van der Waals surface area contributed by atoms with Gasteiger partial charge in [-0.25, -0.2) is 15.0 Å². The van der Waals surface area contributed by atoms with Crippen LogP contribution in [-0.4, -0.2) is 19.4 Å². The third-order valence-corrected chi connectivity index (χ3v) is 7.15. The van der Waals surface area contributed by atoms with Crippen molar-refractivity contribution in [3.05, 3.63) is 46.9 Å². The van der Waals surface area contributed by atoms with Crippen LogP contribution in [0.2, 0.25) is 0 Å². The molecule has 1 saturated carbocycles. The molecule has 2 unspecified atom stereocenters. The average molecular weight is 399 g/mol. The van der Waals surface area contributed by atoms with Crippen LogP contribution in [0.5, 0.6) is 0 Å². The summed E-state index contributed by atoms with van der Waals surface area (Å²) < 4.78 is 2.26. The minimum Gasteiger partial charge on any atom is -0.278 e. The number of nitrogens with zero attached hydrogens (tertiary/aromatic N) is 4. The standard InChI is InChI=1S/C26H30N4/c1-25(2,3)21-10-9-20-22(28-21)29-23-18-12-16-14-7-8-15(11-14)17(16)13-19(18)27-24(30(20)23)26(4,5)6/h9-10,12-15H,7-8,11H2,1-6H3. The third-order valence-electron chi connectivity index (χ3n) is 7.15. The fraction of sp³-hybridized carbons (Fsp3) is 0.500. The first-order valence-corrected chi connectivity index (χ1v) is 11.3. The molecule has 2 aliphatic rings. The van der Waals surface area contributed by atoms with E-state index >= 15 is 0 Å². The normalized spacial score (nSPS) is 21.3. The van der Waals surface area contributed by atoms with E-state index < -0.39 is 0 Å². The fourth-order valence-electron chi connectivity index (χ4n) is 5.59. The SMILES string of the molecule is CC(C)(C)c1ccc2c(n1)nc1c3cc4c(cc3nc(C(C)(C)C)n21)C1CCC4C1. The maximum absolute atomic E-state index is 5.22. The van der Waals surface area contributed by atoms with Gasteiger partial charge in [-0.1, -0.05) is 41.5 Å². The van der Waals surface area contributed by atoms with E-state index in [9.17, 15) is 0 Å². The molecule has 2 aliphatic carbocycles. The van der Waals surface area contributed by atoms with E-state index in [4.69, 9.17) is 15.0 Å². The van der Waals surface area contributed by atoms with E-state index in [1.165, 1.54) is 24.6 Å². The smallest absolute Gasteiger partial charge is 0.178 e. The molecule has 30 heavy (non-hydrogen) atoms. The Morgan fingerprint density at radius 3 is 2.20 bits per heavy atom. The second-order valence-electron chi connectivity index (χ2n) is 11.5. The second-order valence-corrected chi connectivity index (χ2v) is 11.5. The van der Waals surface area contributed by atoms with Gasteiger partial charge in [0.25, 0.3) is 0 Å². The number of aromatic nitrogens is 4. The van der Waals surface area contributed by atoms with Gasteiger partial charge >= 0.3 is 0 Å². The Kier molecular flexibility index (Phi) is 3.41. The summed E-state index contributed by atoms with van der Waals surface area (Å²) >= 11 is 0. The first-order valence-electron chi connectivity index (χ1n) is 11.3. The van der Waals surface area contributed by atoms with Crippen molar-refractivity contribution >= 4 is 27.7 Å². The summed E-state index contributed by atoms with van der Waals surface area (Å²) in [5.41, 5.74) is 8.03. The van der Waals surface area contributed by atoms with Crippen LogP contribution in [0.4, 0.5) is 0 Å². The molecule has 4 nitrogen and oxygen atoms in total. The van der Waals surface area contributed by atoms with Crippen LogP contribution < -0.4 is 0 Å². The lowest BCUT2D eigenvalue weighted by Gasteiger charge is -2.22. The van der Waals surface area contributed by atoms with Crippen molar-refractivity contribution < 1.29 is 0 Å². The van der Waals surface area contributed by atoms with Gasteiger partial charge in [0.15, 0.2) is 11.3 Å². The Labute approximate surface area is 177 Å². The molecule has 0 N–H and O–H groups in total. The highest BCUT2D eigenvalue weighted by Crippen LogP contribution is 2.54. The molecule has 0 spiro atoms. The predicted molar refractivity (Wildman–Crippen MR) is 123 cm³/mol. The monoisotopic (exact) mass is 398 g/mol. The summed E-state index contributed by atoms with van der Waals surface area (Å²) in [6.07, 6.45) is 3.99. The van der Waals surface area contributed by atoms with Gasteiger partial charge in [0, 0.05) is 21.9 Å². The Morgan fingerprint density at radius 1 is 0.833 bits per heavy atom. The average Bonchev–Trinajstić information content (AvgIpc) is 3.37. The zero-order chi connectivity index (χ0) is 21.0. The van der Waals surface area contributed by atoms with E-state index in [0.29, 0.717) is 0 Å². The molecular weight excluding hydrogens is 368 g/mol. The van der Waals surface area contributed by atoms with Gasteiger partial charge in [-0.3, -0.25) is 4.40 Å². The van der Waals surface area contributed by atoms with E-state index in [1.807, 2.05) is 0 Å². The van der Waals surface area contributed by atoms with Crippen molar-refractivity contribution in [1.29, 1.82) is 0 Å². The molecule has 3 aromatic heterocycles. The molecule has 0 aliphatic heterocycles. The van der Waals surface area contributed by atoms with Crippen LogP contribution in [-0.2, 0) is 10.8 Å². The van der Waals surface area contributed by atoms with Crippen molar-refractivity contribution in [3.63, 3.8) is 0 Å². The lowest BCUT2D eigenvalue weighted by atomic mass is 9.90. The molecule has 6 rings (SSSR count). The molecule has 4 aromatic rings. The minimum absolute atomic E-state index is 0.00275. The molecule has 0 radical (unpaired) electrons. The van der Waals surface area contributed by atoms with Gasteiger partial charge in [-0.15, -0.1) is 0 Å². The van der Waals surface area contributed by atoms with Crippen molar-refractivity contribution in [3.8, 4) is 0 Å². The number of imidazole rings is 1. The van der Waals surface area contributed by atoms with Crippen LogP contribution in [0.15, 0.2) is 24.3 Å². The number of benzene rings is 1. The number of hydrogen-bond acceptors (Lipinski definition) is 3. The lowest BCUT2D eigenvalue weighted by Crippen LogP contribution is -2.19. The second kappa shape index (κ2) is 5.60. The third kappa shape index (κ3) is 2.42. The van der Waals surface area contributed by atoms with Crippen LogP contribution in [0, 0.1) is 0 Å². The van der Waals surface area contributed by atoms with Gasteiger partial charge < -0.3 is 0 Å². The topological polar surface area (TPSA) is 43.1 Å². The van der Waals surface area contributed by atoms with Crippen molar-refractivity contribution in [2.45, 2.75) is 83.5 Å². The molecule has 0 saturated heterocycles. The van der Waals surface area contributed by atoms with Gasteiger partial charge in [-0.05, 0) is 66.5 Å². The summed E-state index contributed by atoms with van der Waals surface area (Å²) in [5, 5.41) is 1.17. The summed E-state index contributed by atoms with van der Waals surface area (Å²) in [5.74, 6) is 2.52. The summed E-state index contributed by atoms with van der Waals surface area (Å²) in [4.78, 5) is 15.3. The van der Waals surface area contributed by atoms with Crippen molar-refractivity contribution in [2.24, 2.45) is 0 Å². The quantitative estimate of drug-likeness (QED) is 0.345. The molecule has 3 heterocycles. The molecule has 4 heteroatoms. The lowest BCUT2D eigenvalue weighted by molar-refractivity contribution is 0.542. The number of hydrogen-bond donors (Lipinski definition) is 0. The predicted octanol–water partition coefficient (Wildman–Crippen LogP) is 6.39. The first-order chi connectivity index (χ1) is 14.1. The van der Waals surface area contributed by atoms with Gasteiger partial charge in [0.1, 0.15) is 5.82 Å². The number of fused-ring (bicyclic) bond motifs is 10. The molecule has 2 bridgehead atoms. The highest BCUT2D eigenvalue weighted by atomic mass is 15.1. The van der Waals surface area contributed by atoms with Crippen molar-refractivity contribution in [1.82, 2.24) is 19.4 Å². The zero-order valence-corrected chi connectivity index (χ0v) is 18.9. The Hall–Kier alpha value is -2.49. The Bertz CT molecular complexity index is 1350. The van der Waals surface area contributed by atoms with E-state index in [1.54, 1.807) is 11.1 Å². The molecule has 154 valence electrons. The highest BCUT2D eigenvalue weighted by Gasteiger charge is 2.37. The molecule has 1 aromatic carbocycles. The van der Waals surface area contributed by atoms with Gasteiger partial charge in [0.2, 0.25) is 0 Å². The summed E-state index contributed by atoms with van der Waals surface area (Å²) in [7, 11) is 0. The highest BCUT2D eigenvalue weighted by molar-refractivity contribution is 5.97. The first kappa shape index (κ1) is 18.3. The zero-order valence-electron chi connectivity index (χ0n) is 18.9. The summed E-state index contributed by atoms with van der Waals surface area (Å²) in [6, 6.07) is 9.10. The fourth-order valence-corrected chi connectivity index (χ4v) is 5.59. The molecular formula is C26H30N4. The Morgan fingerprint density at radius 2 is 1.53 bits per heavy atom. The van der Waals surface area contributed by atoms with Crippen LogP contribution in [0.25, 0.3) is 27.7 Å². The van der Waals surface area contributed by atoms with E-state index in [-0.39, 0.29) is 10.8 Å². The van der Waals surface area contributed by atoms with Crippen LogP contribution in [0.3, 0.4) is 0 Å². The molecule has 2 atom stereocenters. The summed E-state index contributed by atoms with van der Waals surface area (Å²) in [6.45, 7) is 13.3. The number of rotatable bonds is 0. The van der Waals surface area contributed by atoms with E-state index in [2.05, 4.69) is 70.2 Å². The van der Waals surface area contributed by atoms with Crippen LogP contribution in [0.1, 0.15) is 95.3 Å².